The first kappa shape index (κ1) is 17.5. The van der Waals surface area contributed by atoms with E-state index in [1.165, 1.54) is 11.1 Å². The molecule has 2 aromatic carbocycles. The summed E-state index contributed by atoms with van der Waals surface area (Å²) in [6.07, 6.45) is 1.49. The minimum absolute atomic E-state index is 0.269. The fraction of sp³-hybridized carbons (Fsp3) is 0.0500. The lowest BCUT2D eigenvalue weighted by Crippen LogP contribution is -2.26. The minimum atomic E-state index is -0.269. The van der Waals surface area contributed by atoms with Crippen LogP contribution in [0.15, 0.2) is 66.9 Å². The van der Waals surface area contributed by atoms with Gasteiger partial charge in [-0.15, -0.1) is 0 Å². The van der Waals surface area contributed by atoms with E-state index in [1.807, 2.05) is 6.07 Å². The van der Waals surface area contributed by atoms with E-state index < -0.39 is 0 Å². The average molecular weight is 364 g/mol. The van der Waals surface area contributed by atoms with Gasteiger partial charge < -0.3 is 4.74 Å². The van der Waals surface area contributed by atoms with E-state index in [2.05, 4.69) is 4.98 Å². The fourth-order valence-corrected chi connectivity index (χ4v) is 2.51. The van der Waals surface area contributed by atoms with E-state index >= 15 is 0 Å². The van der Waals surface area contributed by atoms with E-state index in [0.29, 0.717) is 33.4 Å². The molecule has 1 heterocycles. The third-order valence-electron chi connectivity index (χ3n) is 3.74. The summed E-state index contributed by atoms with van der Waals surface area (Å²) in [5, 5.41) is 9.41. The third-order valence-corrected chi connectivity index (χ3v) is 3.96. The number of pyridine rings is 1. The normalized spacial score (nSPS) is 10.0. The number of hydrogen-bond donors (Lipinski definition) is 0. The molecule has 0 N–H and O–H groups in total. The molecule has 3 rings (SSSR count). The number of amides is 1. The van der Waals surface area contributed by atoms with Gasteiger partial charge in [0, 0.05) is 11.8 Å². The molecule has 0 atom stereocenters. The second kappa shape index (κ2) is 7.68. The van der Waals surface area contributed by atoms with Gasteiger partial charge in [0.05, 0.1) is 29.5 Å². The molecule has 128 valence electrons. The zero-order chi connectivity index (χ0) is 18.5. The predicted molar refractivity (Wildman–Crippen MR) is 99.9 cm³/mol. The van der Waals surface area contributed by atoms with Crippen molar-refractivity contribution in [1.29, 1.82) is 5.26 Å². The summed E-state index contributed by atoms with van der Waals surface area (Å²) in [6, 6.07) is 18.9. The van der Waals surface area contributed by atoms with Crippen LogP contribution < -0.4 is 9.64 Å². The highest BCUT2D eigenvalue weighted by Crippen LogP contribution is 2.28. The van der Waals surface area contributed by atoms with E-state index in [1.54, 1.807) is 67.8 Å². The Balaban J connectivity index is 2.05. The maximum absolute atomic E-state index is 13.1. The Labute approximate surface area is 156 Å². The summed E-state index contributed by atoms with van der Waals surface area (Å²) in [5.74, 6) is 0.854. The van der Waals surface area contributed by atoms with Crippen molar-refractivity contribution >= 4 is 29.0 Å². The Morgan fingerprint density at radius 3 is 2.31 bits per heavy atom. The van der Waals surface area contributed by atoms with E-state index in [-0.39, 0.29) is 5.91 Å². The molecular weight excluding hydrogens is 350 g/mol. The molecular formula is C20H14ClN3O2. The Morgan fingerprint density at radius 1 is 1.08 bits per heavy atom. The molecule has 0 unspecified atom stereocenters. The summed E-state index contributed by atoms with van der Waals surface area (Å²) in [5.41, 5.74) is 1.56. The molecule has 0 aliphatic rings. The fourth-order valence-electron chi connectivity index (χ4n) is 2.40. The molecule has 0 saturated heterocycles. The molecule has 0 bridgehead atoms. The minimum Gasteiger partial charge on any atom is -0.497 e. The van der Waals surface area contributed by atoms with Gasteiger partial charge >= 0.3 is 0 Å². The number of anilines is 2. The van der Waals surface area contributed by atoms with Gasteiger partial charge in [-0.3, -0.25) is 9.69 Å². The molecule has 0 aliphatic carbocycles. The average Bonchev–Trinajstić information content (AvgIpc) is 2.70. The van der Waals surface area contributed by atoms with Crippen molar-refractivity contribution in [3.05, 3.63) is 83.0 Å². The highest BCUT2D eigenvalue weighted by molar-refractivity contribution is 6.30. The zero-order valence-electron chi connectivity index (χ0n) is 13.9. The summed E-state index contributed by atoms with van der Waals surface area (Å²) < 4.78 is 5.17. The van der Waals surface area contributed by atoms with Crippen LogP contribution >= 0.6 is 11.6 Å². The molecule has 26 heavy (non-hydrogen) atoms. The van der Waals surface area contributed by atoms with Crippen LogP contribution in [0.2, 0.25) is 5.02 Å². The van der Waals surface area contributed by atoms with Crippen LogP contribution in [0.25, 0.3) is 0 Å². The number of nitrogens with zero attached hydrogens (tertiary/aromatic N) is 3. The van der Waals surface area contributed by atoms with Gasteiger partial charge in [-0.1, -0.05) is 11.6 Å². The van der Waals surface area contributed by atoms with Crippen molar-refractivity contribution in [2.75, 3.05) is 12.0 Å². The van der Waals surface area contributed by atoms with Crippen molar-refractivity contribution in [1.82, 2.24) is 4.98 Å². The number of rotatable bonds is 4. The summed E-state index contributed by atoms with van der Waals surface area (Å²) in [7, 11) is 1.58. The summed E-state index contributed by atoms with van der Waals surface area (Å²) in [6.45, 7) is 0. The number of carbonyl (C=O) groups excluding carboxylic acids is 1. The highest BCUT2D eigenvalue weighted by atomic mass is 35.5. The van der Waals surface area contributed by atoms with Gasteiger partial charge in [0.1, 0.15) is 11.6 Å². The van der Waals surface area contributed by atoms with Gasteiger partial charge in [0.2, 0.25) is 0 Å². The van der Waals surface area contributed by atoms with E-state index in [0.717, 1.165) is 0 Å². The van der Waals surface area contributed by atoms with Crippen LogP contribution in [0.4, 0.5) is 11.5 Å². The second-order valence-corrected chi connectivity index (χ2v) is 5.80. The van der Waals surface area contributed by atoms with Crippen molar-refractivity contribution in [3.63, 3.8) is 0 Å². The molecule has 1 aromatic heterocycles. The number of nitriles is 1. The molecule has 0 fully saturated rings. The summed E-state index contributed by atoms with van der Waals surface area (Å²) in [4.78, 5) is 18.9. The van der Waals surface area contributed by atoms with Crippen molar-refractivity contribution in [2.24, 2.45) is 0 Å². The maximum atomic E-state index is 13.1. The lowest BCUT2D eigenvalue weighted by atomic mass is 10.1. The number of halogens is 1. The topological polar surface area (TPSA) is 66.2 Å². The van der Waals surface area contributed by atoms with Gasteiger partial charge in [-0.2, -0.15) is 5.26 Å². The van der Waals surface area contributed by atoms with Crippen LogP contribution in [0.3, 0.4) is 0 Å². The Hall–Kier alpha value is -3.36. The third kappa shape index (κ3) is 3.66. The highest BCUT2D eigenvalue weighted by Gasteiger charge is 2.21. The van der Waals surface area contributed by atoms with E-state index in [4.69, 9.17) is 21.6 Å². The Kier molecular flexibility index (Phi) is 5.16. The Bertz CT molecular complexity index is 946. The van der Waals surface area contributed by atoms with Crippen molar-refractivity contribution < 1.29 is 9.53 Å². The van der Waals surface area contributed by atoms with Crippen LogP contribution in [0.5, 0.6) is 5.75 Å². The summed E-state index contributed by atoms with van der Waals surface area (Å²) >= 11 is 5.92. The zero-order valence-corrected chi connectivity index (χ0v) is 14.6. The maximum Gasteiger partial charge on any atom is 0.264 e. The van der Waals surface area contributed by atoms with Crippen molar-refractivity contribution in [2.45, 2.75) is 0 Å². The van der Waals surface area contributed by atoms with E-state index in [9.17, 15) is 4.79 Å². The lowest BCUT2D eigenvalue weighted by molar-refractivity contribution is 0.0998. The van der Waals surface area contributed by atoms with Crippen LogP contribution in [0, 0.1) is 11.3 Å². The van der Waals surface area contributed by atoms with Gasteiger partial charge in [-0.25, -0.2) is 4.98 Å². The second-order valence-electron chi connectivity index (χ2n) is 5.36. The number of aromatic nitrogens is 1. The SMILES string of the molecule is COc1ccc(N(C(=O)c2ccc(C#N)cc2)c2ccc(Cl)cn2)cc1. The number of methoxy groups -OCH3 is 1. The van der Waals surface area contributed by atoms with Crippen molar-refractivity contribution in [3.8, 4) is 11.8 Å². The molecule has 0 saturated carbocycles. The number of carbonyl (C=O) groups is 1. The predicted octanol–water partition coefficient (Wildman–Crippen LogP) is 4.59. The first-order chi connectivity index (χ1) is 12.6. The molecule has 3 aromatic rings. The van der Waals surface area contributed by atoms with Crippen LogP contribution in [-0.2, 0) is 0 Å². The molecule has 5 nitrogen and oxygen atoms in total. The van der Waals surface area contributed by atoms with Gasteiger partial charge in [-0.05, 0) is 60.7 Å². The first-order valence-electron chi connectivity index (χ1n) is 7.72. The molecule has 1 amide bonds. The number of benzene rings is 2. The Morgan fingerprint density at radius 2 is 1.77 bits per heavy atom. The molecule has 6 heteroatoms. The standard InChI is InChI=1S/C20H14ClN3O2/c1-26-18-9-7-17(8-10-18)24(19-11-6-16(21)13-23-19)20(25)15-4-2-14(12-22)3-5-15/h2-11,13H,1H3. The first-order valence-corrected chi connectivity index (χ1v) is 8.10. The molecule has 0 aliphatic heterocycles. The van der Waals surface area contributed by atoms with Gasteiger partial charge in [0.25, 0.3) is 5.91 Å². The lowest BCUT2D eigenvalue weighted by Gasteiger charge is -2.22. The number of hydrogen-bond acceptors (Lipinski definition) is 4. The van der Waals surface area contributed by atoms with Crippen LogP contribution in [0.1, 0.15) is 15.9 Å². The molecule has 0 spiro atoms. The largest absolute Gasteiger partial charge is 0.497 e. The molecule has 0 radical (unpaired) electrons. The quantitative estimate of drug-likeness (QED) is 0.679. The smallest absolute Gasteiger partial charge is 0.264 e. The van der Waals surface area contributed by atoms with Gasteiger partial charge in [0.15, 0.2) is 0 Å². The monoisotopic (exact) mass is 363 g/mol. The number of ether oxygens (including phenoxy) is 1. The van der Waals surface area contributed by atoms with Crippen LogP contribution in [-0.4, -0.2) is 18.0 Å².